The molecule has 1 atom stereocenters. The number of amides is 1. The van der Waals surface area contributed by atoms with Crippen molar-refractivity contribution in [1.82, 2.24) is 14.5 Å². The summed E-state index contributed by atoms with van der Waals surface area (Å²) < 4.78 is 35.0. The lowest BCUT2D eigenvalue weighted by atomic mass is 9.96. The molecule has 0 aromatic heterocycles. The molecule has 0 radical (unpaired) electrons. The summed E-state index contributed by atoms with van der Waals surface area (Å²) in [4.78, 5) is 18.2. The maximum Gasteiger partial charge on any atom is 0.241 e. The molecule has 4 aromatic carbocycles. The summed E-state index contributed by atoms with van der Waals surface area (Å²) in [6, 6.07) is 34.1. The van der Waals surface area contributed by atoms with Crippen molar-refractivity contribution in [3.05, 3.63) is 131 Å². The van der Waals surface area contributed by atoms with Crippen LogP contribution >= 0.6 is 0 Å². The van der Waals surface area contributed by atoms with Crippen LogP contribution in [0.15, 0.2) is 114 Å². The van der Waals surface area contributed by atoms with Gasteiger partial charge in [-0.25, -0.2) is 8.42 Å². The number of ether oxygens (including phenoxy) is 1. The summed E-state index contributed by atoms with van der Waals surface area (Å²) in [5.74, 6) is 0.385. The molecule has 42 heavy (non-hydrogen) atoms. The van der Waals surface area contributed by atoms with Crippen LogP contribution in [0.3, 0.4) is 0 Å². The lowest BCUT2D eigenvalue weighted by molar-refractivity contribution is -0.135. The highest BCUT2D eigenvalue weighted by Crippen LogP contribution is 2.30. The Hall–Kier alpha value is -3.98. The van der Waals surface area contributed by atoms with Gasteiger partial charge in [-0.1, -0.05) is 91.0 Å². The summed E-state index contributed by atoms with van der Waals surface area (Å²) in [5, 5.41) is 0. The van der Waals surface area contributed by atoms with Gasteiger partial charge in [-0.15, -0.1) is 0 Å². The first-order chi connectivity index (χ1) is 20.4. The first-order valence-corrected chi connectivity index (χ1v) is 15.7. The van der Waals surface area contributed by atoms with Gasteiger partial charge in [0.05, 0.1) is 18.0 Å². The number of carbonyl (C=O) groups is 1. The third kappa shape index (κ3) is 6.90. The van der Waals surface area contributed by atoms with Crippen LogP contribution < -0.4 is 9.46 Å². The molecule has 1 fully saturated rings. The molecule has 1 aliphatic heterocycles. The molecule has 8 heteroatoms. The molecule has 1 N–H and O–H groups in total. The molecule has 4 aromatic rings. The maximum atomic E-state index is 14.0. The summed E-state index contributed by atoms with van der Waals surface area (Å²) in [6.45, 7) is 4.14. The zero-order valence-electron chi connectivity index (χ0n) is 24.0. The van der Waals surface area contributed by atoms with Crippen LogP contribution in [0.5, 0.6) is 5.75 Å². The number of nitrogens with one attached hydrogen (secondary N) is 1. The molecule has 1 aliphatic rings. The van der Waals surface area contributed by atoms with E-state index in [-0.39, 0.29) is 23.3 Å². The lowest BCUT2D eigenvalue weighted by Crippen LogP contribution is -2.56. The van der Waals surface area contributed by atoms with E-state index in [4.69, 9.17) is 4.74 Å². The first-order valence-electron chi connectivity index (χ1n) is 14.2. The van der Waals surface area contributed by atoms with E-state index in [1.165, 1.54) is 17.2 Å². The molecule has 1 heterocycles. The van der Waals surface area contributed by atoms with Crippen LogP contribution in [0.2, 0.25) is 0 Å². The number of rotatable bonds is 10. The quantitative estimate of drug-likeness (QED) is 0.290. The third-order valence-corrected chi connectivity index (χ3v) is 9.25. The molecule has 0 bridgehead atoms. The average Bonchev–Trinajstić information content (AvgIpc) is 3.02. The standard InChI is InChI=1S/C34H37N3O4S/c1-26-24-30(18-19-32(26)41-2)42(39,40)35-31(25-27-12-6-3-7-13-27)34(38)37-22-20-36(21-23-37)33(28-14-8-4-9-15-28)29-16-10-5-11-17-29/h3-19,24,31,33,35H,20-23,25H2,1-2H3/t31-/m1/s1. The van der Waals surface area contributed by atoms with Gasteiger partial charge in [0.15, 0.2) is 0 Å². The van der Waals surface area contributed by atoms with Gasteiger partial charge in [0.25, 0.3) is 0 Å². The molecule has 218 valence electrons. The number of benzene rings is 4. The second-order valence-electron chi connectivity index (χ2n) is 10.6. The molecule has 7 nitrogen and oxygen atoms in total. The Kier molecular flexibility index (Phi) is 9.37. The number of hydrogen-bond donors (Lipinski definition) is 1. The van der Waals surface area contributed by atoms with Gasteiger partial charge in [0.2, 0.25) is 15.9 Å². The van der Waals surface area contributed by atoms with Gasteiger partial charge >= 0.3 is 0 Å². The Morgan fingerprint density at radius 1 is 0.810 bits per heavy atom. The van der Waals surface area contributed by atoms with Gasteiger partial charge in [-0.2, -0.15) is 4.72 Å². The van der Waals surface area contributed by atoms with Crippen molar-refractivity contribution in [3.8, 4) is 5.75 Å². The fourth-order valence-electron chi connectivity index (χ4n) is 5.61. The molecule has 0 aliphatic carbocycles. The fourth-order valence-corrected chi connectivity index (χ4v) is 6.88. The Bertz CT molecular complexity index is 1530. The number of hydrogen-bond acceptors (Lipinski definition) is 5. The summed E-state index contributed by atoms with van der Waals surface area (Å²) >= 11 is 0. The van der Waals surface area contributed by atoms with E-state index < -0.39 is 16.1 Å². The van der Waals surface area contributed by atoms with E-state index in [2.05, 4.69) is 58.2 Å². The van der Waals surface area contributed by atoms with E-state index in [9.17, 15) is 13.2 Å². The molecule has 1 amide bonds. The van der Waals surface area contributed by atoms with Crippen LogP contribution in [0, 0.1) is 6.92 Å². The average molecular weight is 584 g/mol. The highest BCUT2D eigenvalue weighted by atomic mass is 32.2. The van der Waals surface area contributed by atoms with Crippen molar-refractivity contribution in [2.75, 3.05) is 33.3 Å². The Morgan fingerprint density at radius 2 is 1.36 bits per heavy atom. The minimum absolute atomic E-state index is 0.0709. The zero-order valence-corrected chi connectivity index (χ0v) is 24.8. The maximum absolute atomic E-state index is 14.0. The van der Waals surface area contributed by atoms with Crippen molar-refractivity contribution < 1.29 is 17.9 Å². The normalized spacial score (nSPS) is 15.0. The van der Waals surface area contributed by atoms with Crippen LogP contribution in [0.25, 0.3) is 0 Å². The van der Waals surface area contributed by atoms with E-state index in [1.807, 2.05) is 42.5 Å². The summed E-state index contributed by atoms with van der Waals surface area (Å²) in [7, 11) is -2.42. The van der Waals surface area contributed by atoms with E-state index in [1.54, 1.807) is 31.1 Å². The first kappa shape index (κ1) is 29.5. The fraction of sp³-hybridized carbons (Fsp3) is 0.265. The molecular formula is C34H37N3O4S. The predicted molar refractivity (Wildman–Crippen MR) is 165 cm³/mol. The molecule has 5 rings (SSSR count). The zero-order chi connectivity index (χ0) is 29.5. The minimum Gasteiger partial charge on any atom is -0.496 e. The molecular weight excluding hydrogens is 546 g/mol. The number of aryl methyl sites for hydroxylation is 1. The monoisotopic (exact) mass is 583 g/mol. The molecule has 0 unspecified atom stereocenters. The van der Waals surface area contributed by atoms with Gasteiger partial charge in [0.1, 0.15) is 11.8 Å². The second-order valence-corrected chi connectivity index (χ2v) is 12.3. The predicted octanol–water partition coefficient (Wildman–Crippen LogP) is 4.83. The highest BCUT2D eigenvalue weighted by molar-refractivity contribution is 7.89. The van der Waals surface area contributed by atoms with Gasteiger partial charge in [0, 0.05) is 26.2 Å². The number of carbonyl (C=O) groups excluding carboxylic acids is 1. The number of sulfonamides is 1. The van der Waals surface area contributed by atoms with Gasteiger partial charge in [-0.3, -0.25) is 9.69 Å². The van der Waals surface area contributed by atoms with Crippen LogP contribution in [-0.2, 0) is 21.2 Å². The summed E-state index contributed by atoms with van der Waals surface area (Å²) in [6.07, 6.45) is 0.255. The molecule has 0 saturated carbocycles. The van der Waals surface area contributed by atoms with Crippen molar-refractivity contribution in [2.45, 2.75) is 30.3 Å². The van der Waals surface area contributed by atoms with E-state index in [0.717, 1.165) is 5.56 Å². The van der Waals surface area contributed by atoms with Gasteiger partial charge in [-0.05, 0) is 53.8 Å². The molecule has 1 saturated heterocycles. The Balaban J connectivity index is 1.35. The summed E-state index contributed by atoms with van der Waals surface area (Å²) in [5.41, 5.74) is 3.99. The van der Waals surface area contributed by atoms with Crippen molar-refractivity contribution in [1.29, 1.82) is 0 Å². The second kappa shape index (κ2) is 13.3. The topological polar surface area (TPSA) is 78.9 Å². The lowest BCUT2D eigenvalue weighted by Gasteiger charge is -2.40. The number of nitrogens with zero attached hydrogens (tertiary/aromatic N) is 2. The number of piperazine rings is 1. The van der Waals surface area contributed by atoms with Crippen molar-refractivity contribution in [3.63, 3.8) is 0 Å². The van der Waals surface area contributed by atoms with E-state index in [0.29, 0.717) is 37.5 Å². The third-order valence-electron chi connectivity index (χ3n) is 7.78. The van der Waals surface area contributed by atoms with Crippen molar-refractivity contribution >= 4 is 15.9 Å². The number of methoxy groups -OCH3 is 1. The minimum atomic E-state index is -3.97. The SMILES string of the molecule is COc1ccc(S(=O)(=O)N[C@H](Cc2ccccc2)C(=O)N2CCN(C(c3ccccc3)c3ccccc3)CC2)cc1C. The van der Waals surface area contributed by atoms with Crippen LogP contribution in [0.1, 0.15) is 28.3 Å². The largest absolute Gasteiger partial charge is 0.496 e. The smallest absolute Gasteiger partial charge is 0.241 e. The van der Waals surface area contributed by atoms with Crippen LogP contribution in [0.4, 0.5) is 0 Å². The van der Waals surface area contributed by atoms with E-state index >= 15 is 0 Å². The van der Waals surface area contributed by atoms with Gasteiger partial charge < -0.3 is 9.64 Å². The molecule has 0 spiro atoms. The Labute approximate surface area is 248 Å². The van der Waals surface area contributed by atoms with Crippen LogP contribution in [-0.4, -0.2) is 63.5 Å². The van der Waals surface area contributed by atoms with Crippen molar-refractivity contribution in [2.24, 2.45) is 0 Å². The highest BCUT2D eigenvalue weighted by Gasteiger charge is 2.33. The Morgan fingerprint density at radius 3 is 1.88 bits per heavy atom.